The number of carbonyl (C=O) groups excluding carboxylic acids is 1. The molecule has 3 aliphatic rings. The molecule has 10 heteroatoms. The van der Waals surface area contributed by atoms with Crippen molar-refractivity contribution in [3.8, 4) is 5.75 Å². The second-order valence-corrected chi connectivity index (χ2v) is 10.2. The number of piperazine rings is 1. The van der Waals surface area contributed by atoms with Crippen molar-refractivity contribution in [2.75, 3.05) is 31.1 Å². The third-order valence-corrected chi connectivity index (χ3v) is 7.21. The molecule has 2 aromatic rings. The average molecular weight is 488 g/mol. The highest BCUT2D eigenvalue weighted by Gasteiger charge is 2.54. The van der Waals surface area contributed by atoms with Crippen LogP contribution in [0.2, 0.25) is 0 Å². The molecule has 3 fully saturated rings. The van der Waals surface area contributed by atoms with Gasteiger partial charge in [-0.05, 0) is 32.3 Å². The Kier molecular flexibility index (Phi) is 6.48. The first-order valence-corrected chi connectivity index (χ1v) is 12.1. The van der Waals surface area contributed by atoms with Gasteiger partial charge in [0.05, 0.1) is 24.5 Å². The highest BCUT2D eigenvalue weighted by Crippen LogP contribution is 2.50. The van der Waals surface area contributed by atoms with E-state index in [0.29, 0.717) is 24.5 Å². The molecule has 1 amide bonds. The molecule has 1 aliphatic carbocycles. The van der Waals surface area contributed by atoms with E-state index in [2.05, 4.69) is 43.9 Å². The Labute approximate surface area is 203 Å². The number of carbonyl (C=O) groups is 1. The van der Waals surface area contributed by atoms with Crippen LogP contribution in [0.15, 0.2) is 42.7 Å². The van der Waals surface area contributed by atoms with E-state index in [1.54, 1.807) is 4.90 Å². The zero-order chi connectivity index (χ0) is 24.6. The number of likely N-dealkylation sites (tertiary alicyclic amines) is 1. The molecule has 2 atom stereocenters. The number of amides is 1. The van der Waals surface area contributed by atoms with Crippen molar-refractivity contribution in [2.45, 2.75) is 58.0 Å². The van der Waals surface area contributed by atoms with Crippen LogP contribution in [-0.4, -0.2) is 76.8 Å². The summed E-state index contributed by atoms with van der Waals surface area (Å²) in [4.78, 5) is 27.5. The van der Waals surface area contributed by atoms with E-state index < -0.39 is 6.61 Å². The maximum atomic E-state index is 13.0. The Morgan fingerprint density at radius 3 is 2.31 bits per heavy atom. The fourth-order valence-electron chi connectivity index (χ4n) is 5.79. The van der Waals surface area contributed by atoms with Crippen LogP contribution < -0.4 is 9.64 Å². The second-order valence-electron chi connectivity index (χ2n) is 10.2. The van der Waals surface area contributed by atoms with Crippen molar-refractivity contribution < 1.29 is 23.0 Å². The van der Waals surface area contributed by atoms with Gasteiger partial charge in [0.15, 0.2) is 5.75 Å². The monoisotopic (exact) mass is 487 g/mol. The standard InChI is InChI=1S/C25H31F2N5O3/c1-17-12-31(23-28-10-21(11-29-23)34-22(26)27)13-18(2)32(17)24(33)35-20-8-25(9-20)15-30(16-25)14-19-6-4-3-5-7-19/h3-7,10-11,17-18,20,22H,8-9,12-16H2,1-2H3/t17-,18+. The van der Waals surface area contributed by atoms with Gasteiger partial charge in [-0.25, -0.2) is 14.8 Å². The molecule has 2 aliphatic heterocycles. The van der Waals surface area contributed by atoms with Crippen LogP contribution in [0, 0.1) is 5.41 Å². The molecule has 188 valence electrons. The van der Waals surface area contributed by atoms with Gasteiger partial charge in [-0.2, -0.15) is 8.78 Å². The van der Waals surface area contributed by atoms with Crippen molar-refractivity contribution in [1.29, 1.82) is 0 Å². The number of hydrogen-bond donors (Lipinski definition) is 0. The van der Waals surface area contributed by atoms with Gasteiger partial charge in [-0.3, -0.25) is 9.80 Å². The zero-order valence-corrected chi connectivity index (χ0v) is 20.0. The molecule has 0 N–H and O–H groups in total. The van der Waals surface area contributed by atoms with E-state index in [-0.39, 0.29) is 30.0 Å². The molecular weight excluding hydrogens is 456 g/mol. The summed E-state index contributed by atoms with van der Waals surface area (Å²) in [5.74, 6) is 0.337. The van der Waals surface area contributed by atoms with E-state index in [1.807, 2.05) is 24.8 Å². The summed E-state index contributed by atoms with van der Waals surface area (Å²) in [5, 5.41) is 0. The Morgan fingerprint density at radius 2 is 1.71 bits per heavy atom. The topological polar surface area (TPSA) is 71.0 Å². The third-order valence-electron chi connectivity index (χ3n) is 7.21. The molecule has 1 aromatic heterocycles. The molecule has 1 aromatic carbocycles. The molecule has 1 saturated carbocycles. The minimum absolute atomic E-state index is 0.0236. The predicted molar refractivity (Wildman–Crippen MR) is 125 cm³/mol. The highest BCUT2D eigenvalue weighted by molar-refractivity contribution is 5.69. The van der Waals surface area contributed by atoms with Crippen molar-refractivity contribution in [2.24, 2.45) is 5.41 Å². The van der Waals surface area contributed by atoms with Gasteiger partial charge < -0.3 is 14.4 Å². The minimum Gasteiger partial charge on any atom is -0.446 e. The molecule has 0 bridgehead atoms. The van der Waals surface area contributed by atoms with Gasteiger partial charge in [0.2, 0.25) is 5.95 Å². The number of halogens is 2. The van der Waals surface area contributed by atoms with Crippen LogP contribution in [0.25, 0.3) is 0 Å². The molecule has 35 heavy (non-hydrogen) atoms. The second kappa shape index (κ2) is 9.56. The molecule has 0 radical (unpaired) electrons. The molecule has 0 unspecified atom stereocenters. The van der Waals surface area contributed by atoms with E-state index in [0.717, 1.165) is 32.5 Å². The first-order valence-electron chi connectivity index (χ1n) is 12.1. The molecule has 1 spiro atoms. The largest absolute Gasteiger partial charge is 0.446 e. The van der Waals surface area contributed by atoms with E-state index in [4.69, 9.17) is 4.74 Å². The number of anilines is 1. The zero-order valence-electron chi connectivity index (χ0n) is 20.0. The minimum atomic E-state index is -2.91. The van der Waals surface area contributed by atoms with Gasteiger partial charge >= 0.3 is 12.7 Å². The van der Waals surface area contributed by atoms with Crippen molar-refractivity contribution >= 4 is 12.0 Å². The first kappa shape index (κ1) is 23.7. The lowest BCUT2D eigenvalue weighted by atomic mass is 9.61. The molecule has 5 rings (SSSR count). The molecule has 2 saturated heterocycles. The molecular formula is C25H31F2N5O3. The predicted octanol–water partition coefficient (Wildman–Crippen LogP) is 3.78. The summed E-state index contributed by atoms with van der Waals surface area (Å²) in [6.45, 7) is 5.15. The normalized spacial score (nSPS) is 24.3. The van der Waals surface area contributed by atoms with Crippen LogP contribution >= 0.6 is 0 Å². The van der Waals surface area contributed by atoms with E-state index >= 15 is 0 Å². The summed E-state index contributed by atoms with van der Waals surface area (Å²) >= 11 is 0. The summed E-state index contributed by atoms with van der Waals surface area (Å²) < 4.78 is 34.9. The lowest BCUT2D eigenvalue weighted by Gasteiger charge is -2.58. The Hall–Kier alpha value is -3.01. The number of aromatic nitrogens is 2. The van der Waals surface area contributed by atoms with Crippen LogP contribution in [0.4, 0.5) is 19.5 Å². The Balaban J connectivity index is 1.08. The van der Waals surface area contributed by atoms with E-state index in [1.165, 1.54) is 18.0 Å². The van der Waals surface area contributed by atoms with Crippen molar-refractivity contribution in [3.63, 3.8) is 0 Å². The lowest BCUT2D eigenvalue weighted by Crippen LogP contribution is -2.65. The highest BCUT2D eigenvalue weighted by atomic mass is 19.3. The van der Waals surface area contributed by atoms with Crippen LogP contribution in [-0.2, 0) is 11.3 Å². The van der Waals surface area contributed by atoms with Crippen molar-refractivity contribution in [1.82, 2.24) is 19.8 Å². The summed E-state index contributed by atoms with van der Waals surface area (Å²) in [7, 11) is 0. The smallest absolute Gasteiger partial charge is 0.410 e. The summed E-state index contributed by atoms with van der Waals surface area (Å²) in [5.41, 5.74) is 1.63. The average Bonchev–Trinajstić information content (AvgIpc) is 2.76. The third kappa shape index (κ3) is 5.17. The quantitative estimate of drug-likeness (QED) is 0.614. The number of rotatable bonds is 6. The summed E-state index contributed by atoms with van der Waals surface area (Å²) in [6, 6.07) is 10.3. The Bertz CT molecular complexity index is 1000. The number of benzene rings is 1. The SMILES string of the molecule is C[C@@H]1CN(c2ncc(OC(F)F)cn2)C[C@H](C)N1C(=O)OC1CC2(C1)CN(Cc1ccccc1)C2. The fourth-order valence-corrected chi connectivity index (χ4v) is 5.79. The molecule has 8 nitrogen and oxygen atoms in total. The Morgan fingerprint density at radius 1 is 1.09 bits per heavy atom. The first-order chi connectivity index (χ1) is 16.8. The van der Waals surface area contributed by atoms with Gasteiger partial charge in [0.25, 0.3) is 0 Å². The lowest BCUT2D eigenvalue weighted by molar-refractivity contribution is -0.137. The van der Waals surface area contributed by atoms with E-state index in [9.17, 15) is 13.6 Å². The van der Waals surface area contributed by atoms with Crippen LogP contribution in [0.1, 0.15) is 32.3 Å². The summed E-state index contributed by atoms with van der Waals surface area (Å²) in [6.07, 6.45) is 4.02. The van der Waals surface area contributed by atoms with Gasteiger partial charge in [-0.1, -0.05) is 30.3 Å². The van der Waals surface area contributed by atoms with Crippen LogP contribution in [0.3, 0.4) is 0 Å². The van der Waals surface area contributed by atoms with Gasteiger partial charge in [0, 0.05) is 38.1 Å². The van der Waals surface area contributed by atoms with Crippen molar-refractivity contribution in [3.05, 3.63) is 48.3 Å². The van der Waals surface area contributed by atoms with Gasteiger partial charge in [0.1, 0.15) is 6.10 Å². The maximum Gasteiger partial charge on any atom is 0.410 e. The number of alkyl halides is 2. The number of ether oxygens (including phenoxy) is 2. The maximum absolute atomic E-state index is 13.0. The van der Waals surface area contributed by atoms with Gasteiger partial charge in [-0.15, -0.1) is 0 Å². The fraction of sp³-hybridized carbons (Fsp3) is 0.560. The van der Waals surface area contributed by atoms with Crippen LogP contribution in [0.5, 0.6) is 5.75 Å². The number of nitrogens with zero attached hydrogens (tertiary/aromatic N) is 5. The number of hydrogen-bond acceptors (Lipinski definition) is 7. The molecule has 3 heterocycles.